The molecule has 0 spiro atoms. The first-order valence-electron chi connectivity index (χ1n) is 12.1. The van der Waals surface area contributed by atoms with Gasteiger partial charge in [-0.25, -0.2) is 9.78 Å². The van der Waals surface area contributed by atoms with Gasteiger partial charge in [0.05, 0.1) is 25.6 Å². The molecule has 0 radical (unpaired) electrons. The van der Waals surface area contributed by atoms with E-state index in [0.29, 0.717) is 16.5 Å². The van der Waals surface area contributed by atoms with Crippen molar-refractivity contribution in [1.29, 1.82) is 0 Å². The van der Waals surface area contributed by atoms with Gasteiger partial charge >= 0.3 is 5.97 Å². The Bertz CT molecular complexity index is 1370. The fourth-order valence-corrected chi connectivity index (χ4v) is 6.38. The van der Waals surface area contributed by atoms with Gasteiger partial charge < -0.3 is 14.8 Å². The first kappa shape index (κ1) is 25.9. The lowest BCUT2D eigenvalue weighted by atomic mass is 9.99. The Morgan fingerprint density at radius 2 is 1.86 bits per heavy atom. The molecular formula is C29H32N2O3S2. The van der Waals surface area contributed by atoms with Gasteiger partial charge in [-0.05, 0) is 66.6 Å². The lowest BCUT2D eigenvalue weighted by molar-refractivity contribution is 0.0607. The van der Waals surface area contributed by atoms with Gasteiger partial charge in [0.15, 0.2) is 5.13 Å². The Balaban J connectivity index is 1.74. The van der Waals surface area contributed by atoms with Crippen LogP contribution in [-0.4, -0.2) is 25.2 Å². The van der Waals surface area contributed by atoms with E-state index in [9.17, 15) is 4.79 Å². The third kappa shape index (κ3) is 5.63. The summed E-state index contributed by atoms with van der Waals surface area (Å²) in [6.45, 7) is 8.77. The van der Waals surface area contributed by atoms with Gasteiger partial charge in [-0.1, -0.05) is 45.0 Å². The molecule has 0 aliphatic rings. The topological polar surface area (TPSA) is 60.5 Å². The van der Waals surface area contributed by atoms with E-state index >= 15 is 0 Å². The van der Waals surface area contributed by atoms with Crippen molar-refractivity contribution < 1.29 is 14.3 Å². The van der Waals surface area contributed by atoms with Crippen LogP contribution in [0.2, 0.25) is 0 Å². The fraction of sp³-hybridized carbons (Fsp3) is 0.310. The van der Waals surface area contributed by atoms with Crippen LogP contribution < -0.4 is 10.1 Å². The fourth-order valence-electron chi connectivity index (χ4n) is 4.14. The highest BCUT2D eigenvalue weighted by molar-refractivity contribution is 7.18. The molecule has 0 fully saturated rings. The molecule has 0 saturated heterocycles. The molecule has 0 bridgehead atoms. The van der Waals surface area contributed by atoms with Gasteiger partial charge in [0.25, 0.3) is 0 Å². The molecule has 0 unspecified atom stereocenters. The summed E-state index contributed by atoms with van der Waals surface area (Å²) in [5.41, 5.74) is 6.43. The van der Waals surface area contributed by atoms with Crippen molar-refractivity contribution in [2.24, 2.45) is 5.92 Å². The normalized spacial score (nSPS) is 11.1. The van der Waals surface area contributed by atoms with E-state index < -0.39 is 0 Å². The van der Waals surface area contributed by atoms with Gasteiger partial charge in [-0.3, -0.25) is 0 Å². The van der Waals surface area contributed by atoms with E-state index in [1.165, 1.54) is 34.5 Å². The molecule has 0 saturated carbocycles. The number of hydrogen-bond donors (Lipinski definition) is 1. The van der Waals surface area contributed by atoms with E-state index in [1.807, 2.05) is 30.3 Å². The molecule has 188 valence electrons. The first-order chi connectivity index (χ1) is 17.3. The summed E-state index contributed by atoms with van der Waals surface area (Å²) in [7, 11) is 3.05. The SMILES string of the molecule is CCc1ccc(-c2nc(Nc3cc(-c4cccc(OC)c4)sc3C(=O)OC)sc2CC(C)C)cc1C. The number of aryl methyl sites for hydroxylation is 2. The Morgan fingerprint density at radius 3 is 2.53 bits per heavy atom. The lowest BCUT2D eigenvalue weighted by Gasteiger charge is -2.08. The number of carbonyl (C=O) groups excluding carboxylic acids is 1. The third-order valence-electron chi connectivity index (χ3n) is 5.99. The highest BCUT2D eigenvalue weighted by atomic mass is 32.1. The third-order valence-corrected chi connectivity index (χ3v) is 8.14. The van der Waals surface area contributed by atoms with Crippen molar-refractivity contribution in [3.8, 4) is 27.4 Å². The molecule has 5 nitrogen and oxygen atoms in total. The van der Waals surface area contributed by atoms with Crippen LogP contribution in [0.1, 0.15) is 46.4 Å². The van der Waals surface area contributed by atoms with Gasteiger partial charge in [0.1, 0.15) is 10.6 Å². The van der Waals surface area contributed by atoms with Crippen LogP contribution in [0.4, 0.5) is 10.8 Å². The molecule has 2 aromatic carbocycles. The summed E-state index contributed by atoms with van der Waals surface area (Å²) in [5, 5.41) is 4.20. The van der Waals surface area contributed by atoms with Crippen LogP contribution in [0.5, 0.6) is 5.75 Å². The first-order valence-corrected chi connectivity index (χ1v) is 13.7. The second kappa shape index (κ2) is 11.3. The van der Waals surface area contributed by atoms with Crippen LogP contribution in [0, 0.1) is 12.8 Å². The summed E-state index contributed by atoms with van der Waals surface area (Å²) >= 11 is 3.03. The van der Waals surface area contributed by atoms with Crippen molar-refractivity contribution in [2.45, 2.75) is 40.5 Å². The van der Waals surface area contributed by atoms with E-state index in [2.05, 4.69) is 51.2 Å². The van der Waals surface area contributed by atoms with E-state index in [-0.39, 0.29) is 5.97 Å². The molecular weight excluding hydrogens is 488 g/mol. The molecule has 0 aliphatic heterocycles. The zero-order valence-electron chi connectivity index (χ0n) is 21.6. The van der Waals surface area contributed by atoms with Crippen molar-refractivity contribution in [1.82, 2.24) is 4.98 Å². The Hall–Kier alpha value is -3.16. The minimum atomic E-state index is -0.374. The summed E-state index contributed by atoms with van der Waals surface area (Å²) in [6.07, 6.45) is 1.95. The number of rotatable bonds is 9. The quantitative estimate of drug-likeness (QED) is 0.226. The van der Waals surface area contributed by atoms with Gasteiger partial charge in [-0.15, -0.1) is 22.7 Å². The number of hydrogen-bond acceptors (Lipinski definition) is 7. The molecule has 0 aliphatic carbocycles. The number of thiophene rings is 1. The molecule has 1 N–H and O–H groups in total. The predicted octanol–water partition coefficient (Wildman–Crippen LogP) is 8.15. The van der Waals surface area contributed by atoms with Crippen molar-refractivity contribution in [3.63, 3.8) is 0 Å². The average Bonchev–Trinajstić information content (AvgIpc) is 3.47. The maximum atomic E-state index is 12.6. The molecule has 36 heavy (non-hydrogen) atoms. The highest BCUT2D eigenvalue weighted by Crippen LogP contribution is 2.40. The van der Waals surface area contributed by atoms with Crippen molar-refractivity contribution in [2.75, 3.05) is 19.5 Å². The standard InChI is InChI=1S/C29H32N2O3S2/c1-7-19-11-12-21(14-18(19)4)26-25(13-17(2)3)36-29(31-26)30-23-16-24(35-27(23)28(32)34-6)20-9-8-10-22(15-20)33-5/h8-12,14-17H,7,13H2,1-6H3,(H,30,31). The molecule has 2 aromatic heterocycles. The number of methoxy groups -OCH3 is 2. The molecule has 4 rings (SSSR count). The van der Waals surface area contributed by atoms with E-state index in [1.54, 1.807) is 18.4 Å². The largest absolute Gasteiger partial charge is 0.497 e. The molecule has 0 atom stereocenters. The molecule has 2 heterocycles. The van der Waals surface area contributed by atoms with Crippen molar-refractivity contribution in [3.05, 3.63) is 69.4 Å². The van der Waals surface area contributed by atoms with Crippen molar-refractivity contribution >= 4 is 39.5 Å². The second-order valence-electron chi connectivity index (χ2n) is 9.09. The number of ether oxygens (including phenoxy) is 2. The number of aromatic nitrogens is 1. The van der Waals surface area contributed by atoms with Gasteiger partial charge in [-0.2, -0.15) is 0 Å². The minimum absolute atomic E-state index is 0.374. The summed E-state index contributed by atoms with van der Waals surface area (Å²) in [5.74, 6) is 0.892. The summed E-state index contributed by atoms with van der Waals surface area (Å²) < 4.78 is 10.5. The van der Waals surface area contributed by atoms with Crippen LogP contribution >= 0.6 is 22.7 Å². The molecule has 7 heteroatoms. The summed E-state index contributed by atoms with van der Waals surface area (Å²) in [4.78, 5) is 20.3. The zero-order valence-corrected chi connectivity index (χ0v) is 23.2. The number of thiazole rings is 1. The van der Waals surface area contributed by atoms with Gasteiger partial charge in [0, 0.05) is 15.3 Å². The monoisotopic (exact) mass is 520 g/mol. The maximum absolute atomic E-state index is 12.6. The van der Waals surface area contributed by atoms with E-state index in [4.69, 9.17) is 14.5 Å². The number of nitrogens with one attached hydrogen (secondary N) is 1. The number of anilines is 2. The Kier molecular flexibility index (Phi) is 8.11. The minimum Gasteiger partial charge on any atom is -0.497 e. The number of benzene rings is 2. The Morgan fingerprint density at radius 1 is 1.06 bits per heavy atom. The van der Waals surface area contributed by atoms with Crippen LogP contribution in [0.3, 0.4) is 0 Å². The molecule has 4 aromatic rings. The smallest absolute Gasteiger partial charge is 0.350 e. The predicted molar refractivity (Wildman–Crippen MR) is 151 cm³/mol. The lowest BCUT2D eigenvalue weighted by Crippen LogP contribution is -2.01. The van der Waals surface area contributed by atoms with E-state index in [0.717, 1.165) is 45.4 Å². The number of esters is 1. The van der Waals surface area contributed by atoms with Crippen LogP contribution in [-0.2, 0) is 17.6 Å². The average molecular weight is 521 g/mol. The highest BCUT2D eigenvalue weighted by Gasteiger charge is 2.21. The molecule has 0 amide bonds. The van der Waals surface area contributed by atoms with Crippen LogP contribution in [0.15, 0.2) is 48.5 Å². The Labute approximate surface area is 221 Å². The second-order valence-corrected chi connectivity index (χ2v) is 11.2. The number of nitrogens with zero attached hydrogens (tertiary/aromatic N) is 1. The van der Waals surface area contributed by atoms with Crippen LogP contribution in [0.25, 0.3) is 21.7 Å². The van der Waals surface area contributed by atoms with Gasteiger partial charge in [0.2, 0.25) is 0 Å². The zero-order chi connectivity index (χ0) is 25.8. The summed E-state index contributed by atoms with van der Waals surface area (Å²) in [6, 6.07) is 16.4. The number of carbonyl (C=O) groups is 1. The maximum Gasteiger partial charge on any atom is 0.350 e.